The van der Waals surface area contributed by atoms with Crippen LogP contribution in [0, 0.1) is 12.7 Å². The van der Waals surface area contributed by atoms with Crippen LogP contribution in [0.15, 0.2) is 35.9 Å². The van der Waals surface area contributed by atoms with Gasteiger partial charge in [-0.2, -0.15) is 30.6 Å². The van der Waals surface area contributed by atoms with Crippen LogP contribution in [0.1, 0.15) is 67.0 Å². The van der Waals surface area contributed by atoms with Gasteiger partial charge in [0.05, 0.1) is 18.7 Å². The lowest BCUT2D eigenvalue weighted by Crippen LogP contribution is -2.46. The van der Waals surface area contributed by atoms with Gasteiger partial charge in [0.1, 0.15) is 17.7 Å². The van der Waals surface area contributed by atoms with Crippen LogP contribution in [0.4, 0.5) is 35.5 Å². The van der Waals surface area contributed by atoms with E-state index < -0.39 is 71.0 Å². The number of carbonyl (C=O) groups excluding carboxylic acids is 1. The van der Waals surface area contributed by atoms with Crippen LogP contribution in [-0.2, 0) is 20.9 Å². The molecular weight excluding hydrogens is 621 g/mol. The average molecular weight is 653 g/mol. The smallest absolute Gasteiger partial charge is 0.496 e. The third kappa shape index (κ3) is 6.39. The zero-order chi connectivity index (χ0) is 32.9. The van der Waals surface area contributed by atoms with E-state index in [4.69, 9.17) is 9.47 Å². The number of cyclic esters (lactones) is 1. The molecule has 0 saturated carbocycles. The predicted molar refractivity (Wildman–Crippen MR) is 147 cm³/mol. The summed E-state index contributed by atoms with van der Waals surface area (Å²) < 4.78 is 132. The van der Waals surface area contributed by atoms with Crippen molar-refractivity contribution >= 4 is 21.7 Å². The molecule has 0 N–H and O–H groups in total. The Hall–Kier alpha value is -3.33. The van der Waals surface area contributed by atoms with Crippen LogP contribution in [0.5, 0.6) is 5.75 Å². The zero-order valence-electron chi connectivity index (χ0n) is 24.4. The third-order valence-electron chi connectivity index (χ3n) is 7.81. The Bertz CT molecular complexity index is 1590. The van der Waals surface area contributed by atoms with Gasteiger partial charge in [-0.05, 0) is 66.7 Å². The molecule has 2 unspecified atom stereocenters. The lowest BCUT2D eigenvalue weighted by atomic mass is 9.89. The first kappa shape index (κ1) is 33.6. The van der Waals surface area contributed by atoms with Gasteiger partial charge in [-0.3, -0.25) is 4.90 Å². The Morgan fingerprint density at radius 1 is 1.07 bits per heavy atom. The number of nitrogens with zero attached hydrogens (tertiary/aromatic N) is 2. The molecule has 0 aliphatic carbocycles. The summed E-state index contributed by atoms with van der Waals surface area (Å²) in [6.07, 6.45) is -6.99. The van der Waals surface area contributed by atoms with Gasteiger partial charge in [-0.25, -0.2) is 17.6 Å². The number of sulfonamides is 1. The number of methoxy groups -OCH3 is 1. The number of hydrogen-bond donors (Lipinski definition) is 0. The number of carbonyl (C=O) groups is 1. The van der Waals surface area contributed by atoms with Crippen molar-refractivity contribution in [1.29, 1.82) is 0 Å². The second-order valence-corrected chi connectivity index (χ2v) is 13.1. The summed E-state index contributed by atoms with van der Waals surface area (Å²) in [6.45, 7) is 4.72. The van der Waals surface area contributed by atoms with Crippen LogP contribution in [0.3, 0.4) is 0 Å². The molecule has 7 nitrogen and oxygen atoms in total. The van der Waals surface area contributed by atoms with Crippen molar-refractivity contribution in [3.8, 4) is 5.75 Å². The number of benzene rings is 2. The average Bonchev–Trinajstić information content (AvgIpc) is 3.19. The Labute approximate surface area is 250 Å². The van der Waals surface area contributed by atoms with E-state index in [-0.39, 0.29) is 44.7 Å². The summed E-state index contributed by atoms with van der Waals surface area (Å²) in [5, 5.41) is 0. The first-order chi connectivity index (χ1) is 20.3. The normalized spacial score (nSPS) is 20.5. The summed E-state index contributed by atoms with van der Waals surface area (Å²) >= 11 is 0. The molecule has 44 heavy (non-hydrogen) atoms. The van der Waals surface area contributed by atoms with Gasteiger partial charge in [0.2, 0.25) is 0 Å². The largest absolute Gasteiger partial charge is 0.511 e. The van der Waals surface area contributed by atoms with Gasteiger partial charge in [0.15, 0.2) is 0 Å². The first-order valence-electron chi connectivity index (χ1n) is 13.6. The highest BCUT2D eigenvalue weighted by Crippen LogP contribution is 2.42. The fraction of sp³-hybridized carbons (Fsp3) is 0.483. The monoisotopic (exact) mass is 652 g/mol. The van der Waals surface area contributed by atoms with Crippen LogP contribution < -0.4 is 4.74 Å². The van der Waals surface area contributed by atoms with Crippen molar-refractivity contribution in [1.82, 2.24) is 9.21 Å². The highest BCUT2D eigenvalue weighted by molar-refractivity contribution is 7.90. The maximum Gasteiger partial charge on any atom is 0.511 e. The Balaban J connectivity index is 1.80. The van der Waals surface area contributed by atoms with E-state index in [2.05, 4.69) is 0 Å². The Kier molecular flexibility index (Phi) is 9.06. The van der Waals surface area contributed by atoms with E-state index in [1.807, 2.05) is 0 Å². The molecule has 242 valence electrons. The molecule has 2 aromatic rings. The Morgan fingerprint density at radius 2 is 1.73 bits per heavy atom. The molecule has 4 rings (SSSR count). The lowest BCUT2D eigenvalue weighted by molar-refractivity contribution is -0.137. The van der Waals surface area contributed by atoms with Crippen molar-refractivity contribution in [3.05, 3.63) is 69.5 Å². The number of rotatable bonds is 7. The number of ether oxygens (including phenoxy) is 2. The number of hydrogen-bond acceptors (Lipinski definition) is 5. The van der Waals surface area contributed by atoms with Gasteiger partial charge in [0.25, 0.3) is 0 Å². The quantitative estimate of drug-likeness (QED) is 0.297. The number of amides is 1. The van der Waals surface area contributed by atoms with E-state index in [0.29, 0.717) is 11.1 Å². The summed E-state index contributed by atoms with van der Waals surface area (Å²) in [5.41, 5.74) is -5.13. The predicted octanol–water partition coefficient (Wildman–Crippen LogP) is 7.18. The van der Waals surface area contributed by atoms with Crippen molar-refractivity contribution in [3.63, 3.8) is 0 Å². The lowest BCUT2D eigenvalue weighted by Gasteiger charge is -2.33. The SMILES string of the molecule is COc1cc(F)c(C(C)C)cc1C1=C(CN2C(=O)OC(c3cc(C)cc(C(F)(F)F)c3)C2C)CN(S(=O)(=O)C(F)(F)F)CC1. The van der Waals surface area contributed by atoms with Gasteiger partial charge in [0, 0.05) is 31.3 Å². The highest BCUT2D eigenvalue weighted by Gasteiger charge is 2.51. The van der Waals surface area contributed by atoms with Crippen molar-refractivity contribution < 1.29 is 53.4 Å². The van der Waals surface area contributed by atoms with Crippen LogP contribution in [-0.4, -0.2) is 62.0 Å². The molecule has 15 heteroatoms. The van der Waals surface area contributed by atoms with E-state index in [1.54, 1.807) is 13.8 Å². The van der Waals surface area contributed by atoms with E-state index in [9.17, 15) is 43.9 Å². The van der Waals surface area contributed by atoms with Crippen LogP contribution >= 0.6 is 0 Å². The molecular formula is C29H31F7N2O5S. The molecule has 2 aliphatic rings. The first-order valence-corrected chi connectivity index (χ1v) is 15.0. The molecule has 0 bridgehead atoms. The van der Waals surface area contributed by atoms with E-state index >= 15 is 0 Å². The van der Waals surface area contributed by atoms with Crippen LogP contribution in [0.2, 0.25) is 0 Å². The molecule has 2 aromatic carbocycles. The van der Waals surface area contributed by atoms with Gasteiger partial charge in [-0.1, -0.05) is 25.5 Å². The second kappa shape index (κ2) is 11.9. The maximum absolute atomic E-state index is 14.8. The molecule has 1 fully saturated rings. The minimum atomic E-state index is -5.75. The molecule has 2 atom stereocenters. The number of alkyl halides is 6. The molecule has 0 radical (unpaired) electrons. The minimum Gasteiger partial charge on any atom is -0.496 e. The molecule has 0 aromatic heterocycles. The fourth-order valence-electron chi connectivity index (χ4n) is 5.55. The van der Waals surface area contributed by atoms with E-state index in [0.717, 1.165) is 23.1 Å². The topological polar surface area (TPSA) is 76.2 Å². The molecule has 2 heterocycles. The summed E-state index contributed by atoms with van der Waals surface area (Å²) in [6, 6.07) is 4.97. The fourth-order valence-corrected chi connectivity index (χ4v) is 6.50. The summed E-state index contributed by atoms with van der Waals surface area (Å²) in [7, 11) is -4.48. The molecule has 2 aliphatic heterocycles. The maximum atomic E-state index is 14.8. The summed E-state index contributed by atoms with van der Waals surface area (Å²) in [4.78, 5) is 14.2. The third-order valence-corrected chi connectivity index (χ3v) is 9.39. The molecule has 1 amide bonds. The van der Waals surface area contributed by atoms with Gasteiger partial charge < -0.3 is 9.47 Å². The van der Waals surface area contributed by atoms with Crippen molar-refractivity contribution in [2.24, 2.45) is 0 Å². The van der Waals surface area contributed by atoms with Crippen molar-refractivity contribution in [2.75, 3.05) is 26.7 Å². The second-order valence-electron chi connectivity index (χ2n) is 11.1. The van der Waals surface area contributed by atoms with Gasteiger partial charge in [-0.15, -0.1) is 0 Å². The van der Waals surface area contributed by atoms with Gasteiger partial charge >= 0.3 is 27.8 Å². The summed E-state index contributed by atoms with van der Waals surface area (Å²) in [5.74, 6) is -0.809. The molecule has 1 saturated heterocycles. The number of halogens is 7. The van der Waals surface area contributed by atoms with Crippen LogP contribution in [0.25, 0.3) is 5.57 Å². The molecule has 0 spiro atoms. The zero-order valence-corrected chi connectivity index (χ0v) is 25.3. The highest BCUT2D eigenvalue weighted by atomic mass is 32.2. The Morgan fingerprint density at radius 3 is 2.30 bits per heavy atom. The standard InChI is InChI=1S/C29H31F7N2O5S/c1-15(2)22-11-23(25(42-5)12-24(22)30)21-6-7-37(44(40,41)29(34,35)36)13-19(21)14-38-17(4)26(43-27(38)39)18-8-16(3)9-20(10-18)28(31,32)33/h8-12,15,17,26H,6-7,13-14H2,1-5H3. The number of aryl methyl sites for hydroxylation is 1. The van der Waals surface area contributed by atoms with Crippen molar-refractivity contribution in [2.45, 2.75) is 63.9 Å². The van der Waals surface area contributed by atoms with E-state index in [1.165, 1.54) is 33.1 Å². The minimum absolute atomic E-state index is 0.0564.